The number of carbonyl (C=O) groups excluding carboxylic acids is 2. The van der Waals surface area contributed by atoms with E-state index in [1.807, 2.05) is 6.92 Å². The maximum absolute atomic E-state index is 11.4. The van der Waals surface area contributed by atoms with Crippen LogP contribution in [0.5, 0.6) is 0 Å². The molecule has 2 N–H and O–H groups in total. The zero-order valence-electron chi connectivity index (χ0n) is 10.3. The molecule has 1 atom stereocenters. The van der Waals surface area contributed by atoms with Crippen molar-refractivity contribution in [2.45, 2.75) is 46.1 Å². The minimum absolute atomic E-state index is 0.0811. The lowest BCUT2D eigenvalue weighted by atomic mass is 10.1. The molecule has 16 heavy (non-hydrogen) atoms. The van der Waals surface area contributed by atoms with E-state index in [1.165, 1.54) is 0 Å². The molecule has 0 saturated heterocycles. The van der Waals surface area contributed by atoms with E-state index in [0.717, 1.165) is 19.3 Å². The van der Waals surface area contributed by atoms with E-state index in [9.17, 15) is 9.59 Å². The van der Waals surface area contributed by atoms with Crippen molar-refractivity contribution >= 4 is 12.0 Å². The molecule has 0 aliphatic carbocycles. The molecule has 0 aromatic carbocycles. The second-order valence-corrected chi connectivity index (χ2v) is 3.53. The molecule has 0 aliphatic heterocycles. The van der Waals surface area contributed by atoms with Gasteiger partial charge in [0.25, 0.3) is 0 Å². The molecular formula is C11H22N2O3. The summed E-state index contributed by atoms with van der Waals surface area (Å²) >= 11 is 0. The summed E-state index contributed by atoms with van der Waals surface area (Å²) in [6, 6.07) is -0.138. The summed E-state index contributed by atoms with van der Waals surface area (Å²) in [5.41, 5.74) is 0. The van der Waals surface area contributed by atoms with Gasteiger partial charge in [0.2, 0.25) is 0 Å². The lowest BCUT2D eigenvalue weighted by molar-refractivity contribution is -0.141. The standard InChI is InChI=1S/C11H22N2O3/c1-4-7-9(5-2)13-11(15)12-8-10(14)16-6-3/h9H,4-8H2,1-3H3,(H2,12,13,15). The van der Waals surface area contributed by atoms with Gasteiger partial charge in [0.15, 0.2) is 0 Å². The fourth-order valence-electron chi connectivity index (χ4n) is 1.33. The third kappa shape index (κ3) is 7.09. The lowest BCUT2D eigenvalue weighted by Crippen LogP contribution is -2.43. The number of urea groups is 1. The van der Waals surface area contributed by atoms with Crippen molar-refractivity contribution in [2.75, 3.05) is 13.2 Å². The molecular weight excluding hydrogens is 208 g/mol. The molecule has 94 valence electrons. The Morgan fingerprint density at radius 2 is 1.94 bits per heavy atom. The van der Waals surface area contributed by atoms with E-state index < -0.39 is 5.97 Å². The quantitative estimate of drug-likeness (QED) is 0.650. The first-order valence-electron chi connectivity index (χ1n) is 5.83. The van der Waals surface area contributed by atoms with Crippen molar-refractivity contribution < 1.29 is 14.3 Å². The van der Waals surface area contributed by atoms with E-state index in [0.29, 0.717) is 6.61 Å². The molecule has 0 saturated carbocycles. The Morgan fingerprint density at radius 1 is 1.25 bits per heavy atom. The fraction of sp³-hybridized carbons (Fsp3) is 0.818. The van der Waals surface area contributed by atoms with Crippen molar-refractivity contribution in [3.63, 3.8) is 0 Å². The highest BCUT2D eigenvalue weighted by Crippen LogP contribution is 2.00. The van der Waals surface area contributed by atoms with E-state index in [1.54, 1.807) is 6.92 Å². The fourth-order valence-corrected chi connectivity index (χ4v) is 1.33. The summed E-state index contributed by atoms with van der Waals surface area (Å²) in [5.74, 6) is -0.416. The smallest absolute Gasteiger partial charge is 0.325 e. The molecule has 0 radical (unpaired) electrons. The predicted molar refractivity (Wildman–Crippen MR) is 62.2 cm³/mol. The highest BCUT2D eigenvalue weighted by Gasteiger charge is 2.10. The molecule has 5 nitrogen and oxygen atoms in total. The van der Waals surface area contributed by atoms with Gasteiger partial charge >= 0.3 is 12.0 Å². The highest BCUT2D eigenvalue weighted by atomic mass is 16.5. The maximum atomic E-state index is 11.4. The van der Waals surface area contributed by atoms with Gasteiger partial charge in [0, 0.05) is 6.04 Å². The first-order chi connectivity index (χ1) is 7.63. The summed E-state index contributed by atoms with van der Waals surface area (Å²) in [7, 11) is 0. The van der Waals surface area contributed by atoms with Crippen LogP contribution in [0.4, 0.5) is 4.79 Å². The zero-order valence-corrected chi connectivity index (χ0v) is 10.3. The third-order valence-electron chi connectivity index (χ3n) is 2.16. The third-order valence-corrected chi connectivity index (χ3v) is 2.16. The summed E-state index contributed by atoms with van der Waals surface area (Å²) < 4.78 is 4.69. The van der Waals surface area contributed by atoms with Crippen LogP contribution in [0.1, 0.15) is 40.0 Å². The van der Waals surface area contributed by atoms with Crippen molar-refractivity contribution in [1.29, 1.82) is 0 Å². The van der Waals surface area contributed by atoms with Crippen LogP contribution in [0.2, 0.25) is 0 Å². The van der Waals surface area contributed by atoms with Crippen molar-refractivity contribution in [1.82, 2.24) is 10.6 Å². The Balaban J connectivity index is 3.75. The molecule has 2 amide bonds. The first-order valence-corrected chi connectivity index (χ1v) is 5.83. The highest BCUT2D eigenvalue weighted by molar-refractivity contribution is 5.80. The monoisotopic (exact) mass is 230 g/mol. The van der Waals surface area contributed by atoms with Crippen molar-refractivity contribution in [3.05, 3.63) is 0 Å². The topological polar surface area (TPSA) is 67.4 Å². The molecule has 5 heteroatoms. The van der Waals surface area contributed by atoms with Gasteiger partial charge in [-0.25, -0.2) is 4.79 Å². The number of ether oxygens (including phenoxy) is 1. The number of hydrogen-bond donors (Lipinski definition) is 2. The molecule has 0 bridgehead atoms. The number of amides is 2. The van der Waals surface area contributed by atoms with E-state index in [2.05, 4.69) is 22.3 Å². The normalized spacial score (nSPS) is 11.7. The van der Waals surface area contributed by atoms with Crippen LogP contribution in [-0.2, 0) is 9.53 Å². The van der Waals surface area contributed by atoms with Crippen LogP contribution in [0.3, 0.4) is 0 Å². The molecule has 0 rings (SSSR count). The summed E-state index contributed by atoms with van der Waals surface area (Å²) in [6.07, 6.45) is 2.86. The first kappa shape index (κ1) is 14.7. The van der Waals surface area contributed by atoms with Crippen LogP contribution < -0.4 is 10.6 Å². The SMILES string of the molecule is CCCC(CC)NC(=O)NCC(=O)OCC. The number of esters is 1. The molecule has 0 aromatic heterocycles. The van der Waals surface area contributed by atoms with Gasteiger partial charge < -0.3 is 15.4 Å². The number of rotatable bonds is 7. The molecule has 1 unspecified atom stereocenters. The van der Waals surface area contributed by atoms with Crippen molar-refractivity contribution in [3.8, 4) is 0 Å². The van der Waals surface area contributed by atoms with Gasteiger partial charge in [-0.2, -0.15) is 0 Å². The predicted octanol–water partition coefficient (Wildman–Crippen LogP) is 1.43. The second kappa shape index (κ2) is 9.00. The number of nitrogens with one attached hydrogen (secondary N) is 2. The number of carbonyl (C=O) groups is 2. The summed E-state index contributed by atoms with van der Waals surface area (Å²) in [6.45, 7) is 6.07. The number of hydrogen-bond acceptors (Lipinski definition) is 3. The van der Waals surface area contributed by atoms with Crippen LogP contribution in [-0.4, -0.2) is 31.2 Å². The van der Waals surface area contributed by atoms with Crippen LogP contribution >= 0.6 is 0 Å². The average Bonchev–Trinajstić information content (AvgIpc) is 2.26. The lowest BCUT2D eigenvalue weighted by Gasteiger charge is -2.16. The summed E-state index contributed by atoms with van der Waals surface area (Å²) in [4.78, 5) is 22.3. The Labute approximate surface area is 96.9 Å². The second-order valence-electron chi connectivity index (χ2n) is 3.53. The van der Waals surface area contributed by atoms with E-state index in [4.69, 9.17) is 0 Å². The van der Waals surface area contributed by atoms with Crippen LogP contribution in [0, 0.1) is 0 Å². The van der Waals surface area contributed by atoms with Crippen LogP contribution in [0.25, 0.3) is 0 Å². The molecule has 0 aliphatic rings. The van der Waals surface area contributed by atoms with E-state index in [-0.39, 0.29) is 18.6 Å². The molecule has 0 aromatic rings. The Kier molecular flexibility index (Phi) is 8.29. The van der Waals surface area contributed by atoms with Gasteiger partial charge in [-0.15, -0.1) is 0 Å². The van der Waals surface area contributed by atoms with Gasteiger partial charge in [-0.3, -0.25) is 4.79 Å². The van der Waals surface area contributed by atoms with Crippen LogP contribution in [0.15, 0.2) is 0 Å². The molecule has 0 heterocycles. The van der Waals surface area contributed by atoms with Crippen molar-refractivity contribution in [2.24, 2.45) is 0 Å². The van der Waals surface area contributed by atoms with Gasteiger partial charge in [0.1, 0.15) is 6.54 Å². The Bertz CT molecular complexity index is 219. The zero-order chi connectivity index (χ0) is 12.4. The summed E-state index contributed by atoms with van der Waals surface area (Å²) in [5, 5.41) is 5.27. The Hall–Kier alpha value is -1.26. The average molecular weight is 230 g/mol. The van der Waals surface area contributed by atoms with Gasteiger partial charge in [-0.1, -0.05) is 20.3 Å². The largest absolute Gasteiger partial charge is 0.465 e. The minimum Gasteiger partial charge on any atom is -0.465 e. The maximum Gasteiger partial charge on any atom is 0.325 e. The van der Waals surface area contributed by atoms with Gasteiger partial charge in [0.05, 0.1) is 6.61 Å². The Morgan fingerprint density at radius 3 is 2.44 bits per heavy atom. The molecule has 0 fully saturated rings. The van der Waals surface area contributed by atoms with Gasteiger partial charge in [-0.05, 0) is 19.8 Å². The minimum atomic E-state index is -0.416. The van der Waals surface area contributed by atoms with E-state index >= 15 is 0 Å². The molecule has 0 spiro atoms.